The number of aromatic nitrogens is 1. The Bertz CT molecular complexity index is 329. The molecule has 0 saturated carbocycles. The lowest BCUT2D eigenvalue weighted by molar-refractivity contribution is -0.188. The quantitative estimate of drug-likeness (QED) is 0.870. The van der Waals surface area contributed by atoms with E-state index in [4.69, 9.17) is 10.5 Å². The molecular weight excluding hydrogens is 233 g/mol. The van der Waals surface area contributed by atoms with Crippen molar-refractivity contribution in [1.82, 2.24) is 4.98 Å². The first-order valence-corrected chi connectivity index (χ1v) is 5.28. The van der Waals surface area contributed by atoms with Gasteiger partial charge in [0.25, 0.3) is 0 Å². The lowest BCUT2D eigenvalue weighted by atomic mass is 10.0. The molecule has 0 aromatic carbocycles. The molecule has 0 aliphatic heterocycles. The highest BCUT2D eigenvalue weighted by atomic mass is 19.4. The number of hydrogen-bond donors (Lipinski definition) is 1. The normalized spacial score (nSPS) is 15.6. The molecule has 2 unspecified atom stereocenters. The van der Waals surface area contributed by atoms with Crippen LogP contribution in [-0.2, 0) is 4.74 Å². The second kappa shape index (κ2) is 5.97. The van der Waals surface area contributed by atoms with E-state index >= 15 is 0 Å². The van der Waals surface area contributed by atoms with Crippen molar-refractivity contribution in [3.8, 4) is 0 Å². The third-order valence-electron chi connectivity index (χ3n) is 2.32. The Kier molecular flexibility index (Phi) is 4.89. The molecule has 0 aliphatic rings. The molecule has 1 rings (SSSR count). The Morgan fingerprint density at radius 1 is 1.35 bits per heavy atom. The molecule has 1 aromatic rings. The Morgan fingerprint density at radius 3 is 2.41 bits per heavy atom. The van der Waals surface area contributed by atoms with Crippen molar-refractivity contribution in [3.05, 3.63) is 30.1 Å². The van der Waals surface area contributed by atoms with Gasteiger partial charge in [-0.05, 0) is 24.1 Å². The lowest BCUT2D eigenvalue weighted by Crippen LogP contribution is -2.32. The molecule has 6 heteroatoms. The van der Waals surface area contributed by atoms with Crippen LogP contribution >= 0.6 is 0 Å². The highest BCUT2D eigenvalue weighted by molar-refractivity contribution is 5.15. The number of halogens is 3. The van der Waals surface area contributed by atoms with Gasteiger partial charge in [-0.2, -0.15) is 13.2 Å². The fourth-order valence-electron chi connectivity index (χ4n) is 1.42. The summed E-state index contributed by atoms with van der Waals surface area (Å²) in [6, 6.07) is 2.74. The monoisotopic (exact) mass is 248 g/mol. The van der Waals surface area contributed by atoms with Crippen LogP contribution in [0.3, 0.4) is 0 Å². The van der Waals surface area contributed by atoms with E-state index < -0.39 is 24.9 Å². The number of alkyl halides is 3. The van der Waals surface area contributed by atoms with Crippen LogP contribution in [0.25, 0.3) is 0 Å². The molecule has 0 amide bonds. The fourth-order valence-corrected chi connectivity index (χ4v) is 1.42. The van der Waals surface area contributed by atoms with Crippen molar-refractivity contribution in [2.75, 3.05) is 6.61 Å². The topological polar surface area (TPSA) is 48.1 Å². The minimum Gasteiger partial charge on any atom is -0.362 e. The van der Waals surface area contributed by atoms with Gasteiger partial charge in [0.15, 0.2) is 0 Å². The second-order valence-corrected chi connectivity index (χ2v) is 3.70. The largest absolute Gasteiger partial charge is 0.411 e. The van der Waals surface area contributed by atoms with Crippen molar-refractivity contribution >= 4 is 0 Å². The van der Waals surface area contributed by atoms with E-state index in [1.807, 2.05) is 0 Å². The highest BCUT2D eigenvalue weighted by Crippen LogP contribution is 2.25. The lowest BCUT2D eigenvalue weighted by Gasteiger charge is -2.24. The molecule has 96 valence electrons. The summed E-state index contributed by atoms with van der Waals surface area (Å²) in [7, 11) is 0. The van der Waals surface area contributed by atoms with Crippen LogP contribution in [-0.4, -0.2) is 23.8 Å². The standard InChI is InChI=1S/C11H15F3N2O/c1-2-9(15)10(17-7-11(12,13)14)8-3-5-16-6-4-8/h3-6,9-10H,2,7,15H2,1H3. The zero-order valence-corrected chi connectivity index (χ0v) is 9.45. The van der Waals surface area contributed by atoms with Crippen LogP contribution in [0.1, 0.15) is 25.0 Å². The van der Waals surface area contributed by atoms with E-state index in [1.165, 1.54) is 12.4 Å². The highest BCUT2D eigenvalue weighted by Gasteiger charge is 2.31. The molecule has 2 N–H and O–H groups in total. The van der Waals surface area contributed by atoms with Gasteiger partial charge in [-0.15, -0.1) is 0 Å². The van der Waals surface area contributed by atoms with Gasteiger partial charge in [0, 0.05) is 18.4 Å². The third-order valence-corrected chi connectivity index (χ3v) is 2.32. The summed E-state index contributed by atoms with van der Waals surface area (Å²) in [5.41, 5.74) is 6.38. The molecule has 0 bridgehead atoms. The number of nitrogens with two attached hydrogens (primary N) is 1. The summed E-state index contributed by atoms with van der Waals surface area (Å²) >= 11 is 0. The van der Waals surface area contributed by atoms with Crippen molar-refractivity contribution < 1.29 is 17.9 Å². The molecule has 0 aliphatic carbocycles. The van der Waals surface area contributed by atoms with Crippen LogP contribution < -0.4 is 5.73 Å². The van der Waals surface area contributed by atoms with Gasteiger partial charge in [-0.3, -0.25) is 4.98 Å². The predicted molar refractivity (Wildman–Crippen MR) is 57.3 cm³/mol. The maximum atomic E-state index is 12.1. The Morgan fingerprint density at radius 2 is 1.94 bits per heavy atom. The average Bonchev–Trinajstić information content (AvgIpc) is 2.29. The molecule has 0 fully saturated rings. The van der Waals surface area contributed by atoms with Gasteiger partial charge in [0.1, 0.15) is 6.61 Å². The SMILES string of the molecule is CCC(N)C(OCC(F)(F)F)c1ccncc1. The number of hydrogen-bond acceptors (Lipinski definition) is 3. The van der Waals surface area contributed by atoms with Gasteiger partial charge in [0.2, 0.25) is 0 Å². The molecule has 2 atom stereocenters. The van der Waals surface area contributed by atoms with Gasteiger partial charge in [-0.1, -0.05) is 6.92 Å². The maximum Gasteiger partial charge on any atom is 0.411 e. The van der Waals surface area contributed by atoms with E-state index in [1.54, 1.807) is 19.1 Å². The summed E-state index contributed by atoms with van der Waals surface area (Å²) in [4.78, 5) is 3.80. The third kappa shape index (κ3) is 4.70. The van der Waals surface area contributed by atoms with E-state index in [0.717, 1.165) is 0 Å². The van der Waals surface area contributed by atoms with Crippen LogP contribution in [0.5, 0.6) is 0 Å². The van der Waals surface area contributed by atoms with Gasteiger partial charge in [0.05, 0.1) is 6.10 Å². The van der Waals surface area contributed by atoms with E-state index in [-0.39, 0.29) is 0 Å². The molecule has 17 heavy (non-hydrogen) atoms. The zero-order valence-electron chi connectivity index (χ0n) is 9.45. The fraction of sp³-hybridized carbons (Fsp3) is 0.545. The van der Waals surface area contributed by atoms with Gasteiger partial charge >= 0.3 is 6.18 Å². The van der Waals surface area contributed by atoms with Crippen LogP contribution in [0.2, 0.25) is 0 Å². The summed E-state index contributed by atoms with van der Waals surface area (Å²) in [5, 5.41) is 0. The second-order valence-electron chi connectivity index (χ2n) is 3.70. The number of ether oxygens (including phenoxy) is 1. The molecule has 0 saturated heterocycles. The average molecular weight is 248 g/mol. The summed E-state index contributed by atoms with van der Waals surface area (Å²) < 4.78 is 41.2. The Balaban J connectivity index is 2.75. The van der Waals surface area contributed by atoms with E-state index in [2.05, 4.69) is 4.98 Å². The molecule has 0 radical (unpaired) electrons. The molecule has 1 heterocycles. The summed E-state index contributed by atoms with van der Waals surface area (Å²) in [5.74, 6) is 0. The summed E-state index contributed by atoms with van der Waals surface area (Å²) in [6.45, 7) is 0.503. The Labute approximate surface area is 97.8 Å². The van der Waals surface area contributed by atoms with Crippen molar-refractivity contribution in [2.24, 2.45) is 5.73 Å². The predicted octanol–water partition coefficient (Wildman–Crippen LogP) is 2.44. The minimum atomic E-state index is -4.35. The van der Waals surface area contributed by atoms with Crippen molar-refractivity contribution in [1.29, 1.82) is 0 Å². The van der Waals surface area contributed by atoms with Crippen LogP contribution in [0.15, 0.2) is 24.5 Å². The first kappa shape index (κ1) is 13.9. The number of rotatable bonds is 5. The van der Waals surface area contributed by atoms with Crippen molar-refractivity contribution in [3.63, 3.8) is 0 Å². The van der Waals surface area contributed by atoms with E-state index in [9.17, 15) is 13.2 Å². The smallest absolute Gasteiger partial charge is 0.362 e. The van der Waals surface area contributed by atoms with E-state index in [0.29, 0.717) is 12.0 Å². The van der Waals surface area contributed by atoms with Crippen LogP contribution in [0.4, 0.5) is 13.2 Å². The maximum absolute atomic E-state index is 12.1. The molecule has 1 aromatic heterocycles. The first-order valence-electron chi connectivity index (χ1n) is 5.28. The first-order chi connectivity index (χ1) is 7.94. The molecular formula is C11H15F3N2O. The Hall–Kier alpha value is -1.14. The number of pyridine rings is 1. The van der Waals surface area contributed by atoms with Crippen LogP contribution in [0, 0.1) is 0 Å². The van der Waals surface area contributed by atoms with Gasteiger partial charge < -0.3 is 10.5 Å². The molecule has 3 nitrogen and oxygen atoms in total. The summed E-state index contributed by atoms with van der Waals surface area (Å²) in [6.07, 6.45) is -1.57. The minimum absolute atomic E-state index is 0.472. The van der Waals surface area contributed by atoms with Crippen molar-refractivity contribution in [2.45, 2.75) is 31.7 Å². The van der Waals surface area contributed by atoms with Gasteiger partial charge in [-0.25, -0.2) is 0 Å². The number of nitrogens with zero attached hydrogens (tertiary/aromatic N) is 1. The molecule has 0 spiro atoms. The zero-order chi connectivity index (χ0) is 12.9.